The number of nitrogens with zero attached hydrogens (tertiary/aromatic N) is 2. The van der Waals surface area contributed by atoms with Crippen LogP contribution in [-0.4, -0.2) is 27.3 Å². The van der Waals surface area contributed by atoms with Gasteiger partial charge in [-0.15, -0.1) is 11.3 Å². The lowest BCUT2D eigenvalue weighted by atomic mass is 10.2. The molecule has 0 bridgehead atoms. The van der Waals surface area contributed by atoms with Crippen molar-refractivity contribution in [3.05, 3.63) is 80.1 Å². The summed E-state index contributed by atoms with van der Waals surface area (Å²) >= 11 is 9.01. The molecular formula is C22H20ClN3O3S2. The van der Waals surface area contributed by atoms with Gasteiger partial charge in [-0.3, -0.25) is 14.2 Å². The van der Waals surface area contributed by atoms with Crippen LogP contribution >= 0.6 is 34.7 Å². The number of furan rings is 1. The molecule has 160 valence electrons. The Morgan fingerprint density at radius 1 is 1.32 bits per heavy atom. The minimum atomic E-state index is -0.435. The number of carbonyl (C=O) groups excluding carboxylic acids is 1. The van der Waals surface area contributed by atoms with E-state index in [1.165, 1.54) is 21.2 Å². The van der Waals surface area contributed by atoms with Crippen LogP contribution in [0.3, 0.4) is 0 Å². The van der Waals surface area contributed by atoms with Crippen LogP contribution in [0.1, 0.15) is 17.6 Å². The van der Waals surface area contributed by atoms with Crippen molar-refractivity contribution in [3.63, 3.8) is 0 Å². The fourth-order valence-electron chi connectivity index (χ4n) is 3.08. The first kappa shape index (κ1) is 21.7. The fourth-order valence-corrected chi connectivity index (χ4v) is 4.89. The number of nitrogens with one attached hydrogen (secondary N) is 1. The molecule has 1 aromatic carbocycles. The number of amides is 1. The van der Waals surface area contributed by atoms with Gasteiger partial charge in [-0.1, -0.05) is 29.4 Å². The molecule has 4 rings (SSSR count). The molecule has 0 saturated heterocycles. The predicted octanol–water partition coefficient (Wildman–Crippen LogP) is 4.59. The second-order valence-corrected chi connectivity index (χ2v) is 9.68. The van der Waals surface area contributed by atoms with Gasteiger partial charge >= 0.3 is 0 Å². The van der Waals surface area contributed by atoms with E-state index in [1.807, 2.05) is 17.5 Å². The highest BCUT2D eigenvalue weighted by Crippen LogP contribution is 2.25. The van der Waals surface area contributed by atoms with Crippen LogP contribution < -0.4 is 10.9 Å². The van der Waals surface area contributed by atoms with Crippen molar-refractivity contribution in [1.82, 2.24) is 14.9 Å². The Hall–Kier alpha value is -2.55. The monoisotopic (exact) mass is 473 g/mol. The van der Waals surface area contributed by atoms with E-state index in [2.05, 4.69) is 10.3 Å². The summed E-state index contributed by atoms with van der Waals surface area (Å²) in [5.41, 5.74) is 0.298. The molecule has 3 heterocycles. The highest BCUT2D eigenvalue weighted by atomic mass is 35.5. The first-order valence-electron chi connectivity index (χ1n) is 9.70. The van der Waals surface area contributed by atoms with Crippen LogP contribution in [0.4, 0.5) is 0 Å². The molecule has 6 nitrogen and oxygen atoms in total. The Morgan fingerprint density at radius 3 is 2.94 bits per heavy atom. The summed E-state index contributed by atoms with van der Waals surface area (Å²) in [7, 11) is 0. The predicted molar refractivity (Wildman–Crippen MR) is 125 cm³/mol. The van der Waals surface area contributed by atoms with Gasteiger partial charge in [0, 0.05) is 16.4 Å². The lowest BCUT2D eigenvalue weighted by Crippen LogP contribution is -2.33. The molecule has 0 saturated carbocycles. The van der Waals surface area contributed by atoms with Crippen molar-refractivity contribution in [2.45, 2.75) is 30.3 Å². The molecule has 1 unspecified atom stereocenters. The average molecular weight is 474 g/mol. The Kier molecular flexibility index (Phi) is 6.80. The zero-order chi connectivity index (χ0) is 21.8. The van der Waals surface area contributed by atoms with Crippen LogP contribution in [0, 0.1) is 0 Å². The molecule has 0 fully saturated rings. The van der Waals surface area contributed by atoms with E-state index in [4.69, 9.17) is 16.0 Å². The van der Waals surface area contributed by atoms with Crippen LogP contribution in [0.25, 0.3) is 10.9 Å². The second-order valence-electron chi connectivity index (χ2n) is 6.91. The quantitative estimate of drug-likeness (QED) is 0.299. The molecule has 0 radical (unpaired) electrons. The van der Waals surface area contributed by atoms with Gasteiger partial charge in [0.2, 0.25) is 5.91 Å². The van der Waals surface area contributed by atoms with E-state index in [0.717, 1.165) is 6.42 Å². The summed E-state index contributed by atoms with van der Waals surface area (Å²) in [4.78, 5) is 31.7. The third-order valence-corrected chi connectivity index (χ3v) is 6.94. The standard InChI is InChI=1S/C22H20ClN3O3S2/c1-14(20(27)24-9-8-17-5-3-11-30-17)31-22-25-19-12-15(23)6-7-18(19)21(28)26(22)13-16-4-2-10-29-16/h2-7,10-12,14H,8-9,13H2,1H3,(H,24,27). The molecule has 1 amide bonds. The van der Waals surface area contributed by atoms with Crippen molar-refractivity contribution in [2.24, 2.45) is 0 Å². The third kappa shape index (κ3) is 5.20. The minimum absolute atomic E-state index is 0.105. The summed E-state index contributed by atoms with van der Waals surface area (Å²) in [6.45, 7) is 2.59. The Labute approximate surface area is 192 Å². The van der Waals surface area contributed by atoms with Crippen LogP contribution in [-0.2, 0) is 17.8 Å². The summed E-state index contributed by atoms with van der Waals surface area (Å²) in [5.74, 6) is 0.527. The van der Waals surface area contributed by atoms with Gasteiger partial charge in [0.15, 0.2) is 5.16 Å². The molecule has 0 aliphatic rings. The third-order valence-electron chi connectivity index (χ3n) is 4.68. The minimum Gasteiger partial charge on any atom is -0.467 e. The van der Waals surface area contributed by atoms with Crippen LogP contribution in [0.15, 0.2) is 68.5 Å². The number of fused-ring (bicyclic) bond motifs is 1. The number of aromatic nitrogens is 2. The van der Waals surface area contributed by atoms with Crippen molar-refractivity contribution >= 4 is 51.5 Å². The maximum Gasteiger partial charge on any atom is 0.262 e. The first-order valence-corrected chi connectivity index (χ1v) is 11.8. The van der Waals surface area contributed by atoms with Gasteiger partial charge in [-0.25, -0.2) is 4.98 Å². The zero-order valence-electron chi connectivity index (χ0n) is 16.7. The smallest absolute Gasteiger partial charge is 0.262 e. The molecule has 1 atom stereocenters. The molecule has 31 heavy (non-hydrogen) atoms. The topological polar surface area (TPSA) is 77.1 Å². The maximum atomic E-state index is 13.2. The molecule has 1 N–H and O–H groups in total. The van der Waals surface area contributed by atoms with Crippen LogP contribution in [0.2, 0.25) is 5.02 Å². The summed E-state index contributed by atoms with van der Waals surface area (Å²) in [5, 5.41) is 5.95. The van der Waals surface area contributed by atoms with Gasteiger partial charge in [-0.05, 0) is 55.1 Å². The molecule has 4 aromatic rings. The fraction of sp³-hybridized carbons (Fsp3) is 0.227. The summed E-state index contributed by atoms with van der Waals surface area (Å²) in [6.07, 6.45) is 2.35. The van der Waals surface area contributed by atoms with Crippen LogP contribution in [0.5, 0.6) is 0 Å². The van der Waals surface area contributed by atoms with E-state index < -0.39 is 5.25 Å². The Balaban J connectivity index is 1.57. The van der Waals surface area contributed by atoms with E-state index >= 15 is 0 Å². The maximum absolute atomic E-state index is 13.2. The summed E-state index contributed by atoms with van der Waals surface area (Å²) in [6, 6.07) is 12.6. The van der Waals surface area contributed by atoms with E-state index in [-0.39, 0.29) is 18.0 Å². The molecule has 0 spiro atoms. The normalized spacial score (nSPS) is 12.2. The Morgan fingerprint density at radius 2 is 2.19 bits per heavy atom. The summed E-state index contributed by atoms with van der Waals surface area (Å²) < 4.78 is 6.96. The number of hydrogen-bond donors (Lipinski definition) is 1. The number of carbonyl (C=O) groups is 1. The van der Waals surface area contributed by atoms with Crippen molar-refractivity contribution in [1.29, 1.82) is 0 Å². The van der Waals surface area contributed by atoms with Gasteiger partial charge in [0.1, 0.15) is 5.76 Å². The van der Waals surface area contributed by atoms with Gasteiger partial charge in [-0.2, -0.15) is 0 Å². The van der Waals surface area contributed by atoms with Gasteiger partial charge in [0.05, 0.1) is 29.0 Å². The van der Waals surface area contributed by atoms with E-state index in [1.54, 1.807) is 54.9 Å². The average Bonchev–Trinajstić information content (AvgIpc) is 3.44. The molecule has 3 aromatic heterocycles. The SMILES string of the molecule is CC(Sc1nc2cc(Cl)ccc2c(=O)n1Cc1ccco1)C(=O)NCCc1cccs1. The Bertz CT molecular complexity index is 1240. The second kappa shape index (κ2) is 9.72. The number of hydrogen-bond acceptors (Lipinski definition) is 6. The molecule has 9 heteroatoms. The van der Waals surface area contributed by atoms with Crippen molar-refractivity contribution < 1.29 is 9.21 Å². The number of rotatable bonds is 8. The van der Waals surface area contributed by atoms with E-state index in [9.17, 15) is 9.59 Å². The van der Waals surface area contributed by atoms with Crippen molar-refractivity contribution in [3.8, 4) is 0 Å². The zero-order valence-corrected chi connectivity index (χ0v) is 19.1. The highest BCUT2D eigenvalue weighted by molar-refractivity contribution is 8.00. The number of halogens is 1. The molecular weight excluding hydrogens is 454 g/mol. The van der Waals surface area contributed by atoms with E-state index in [0.29, 0.717) is 33.4 Å². The number of thioether (sulfide) groups is 1. The largest absolute Gasteiger partial charge is 0.467 e. The van der Waals surface area contributed by atoms with Gasteiger partial charge in [0.25, 0.3) is 5.56 Å². The number of benzene rings is 1. The van der Waals surface area contributed by atoms with Gasteiger partial charge < -0.3 is 9.73 Å². The lowest BCUT2D eigenvalue weighted by Gasteiger charge is -2.16. The first-order chi connectivity index (χ1) is 15.0. The van der Waals surface area contributed by atoms with Crippen molar-refractivity contribution in [2.75, 3.05) is 6.54 Å². The lowest BCUT2D eigenvalue weighted by molar-refractivity contribution is -0.120. The number of thiophene rings is 1. The molecule has 0 aliphatic carbocycles. The highest BCUT2D eigenvalue weighted by Gasteiger charge is 2.20. The molecule has 0 aliphatic heterocycles.